The Labute approximate surface area is 158 Å². The van der Waals surface area contributed by atoms with Crippen LogP contribution in [-0.2, 0) is 16.1 Å². The molecule has 25 heavy (non-hydrogen) atoms. The van der Waals surface area contributed by atoms with E-state index in [0.29, 0.717) is 29.6 Å². The van der Waals surface area contributed by atoms with Gasteiger partial charge in [0, 0.05) is 29.1 Å². The van der Waals surface area contributed by atoms with Crippen molar-refractivity contribution in [3.05, 3.63) is 56.5 Å². The number of fused-ring (bicyclic) bond motifs is 1. The number of rotatable bonds is 6. The van der Waals surface area contributed by atoms with Gasteiger partial charge in [-0.15, -0.1) is 11.3 Å². The van der Waals surface area contributed by atoms with Gasteiger partial charge in [0.15, 0.2) is 4.80 Å². The molecule has 0 aliphatic rings. The molecular formula is C18H17ClN2O2S2. The summed E-state index contributed by atoms with van der Waals surface area (Å²) in [6.07, 6.45) is 3.28. The standard InChI is InChI=1S/C18H17ClN2O2S2/c1-2-23-10-9-21-15-7-5-13(19)12-16(15)25-18(21)20-17(22)8-6-14-4-3-11-24-14/h3-8,11-12H,2,9-10H2,1H3. The number of thiophene rings is 1. The fraction of sp³-hybridized carbons (Fsp3) is 0.222. The van der Waals surface area contributed by atoms with Gasteiger partial charge in [-0.2, -0.15) is 4.99 Å². The SMILES string of the molecule is CCOCCn1c(=NC(=O)C=Cc2cccs2)sc2cc(Cl)ccc21. The van der Waals surface area contributed by atoms with Gasteiger partial charge in [-0.05, 0) is 42.6 Å². The van der Waals surface area contributed by atoms with Crippen LogP contribution in [-0.4, -0.2) is 23.7 Å². The maximum absolute atomic E-state index is 12.2. The zero-order valence-corrected chi connectivity index (χ0v) is 16.0. The van der Waals surface area contributed by atoms with Crippen molar-refractivity contribution in [1.82, 2.24) is 4.57 Å². The van der Waals surface area contributed by atoms with E-state index < -0.39 is 0 Å². The number of thiazole rings is 1. The van der Waals surface area contributed by atoms with Crippen LogP contribution in [0.5, 0.6) is 0 Å². The Morgan fingerprint density at radius 3 is 3.04 bits per heavy atom. The minimum Gasteiger partial charge on any atom is -0.380 e. The molecule has 0 aliphatic heterocycles. The molecule has 0 bridgehead atoms. The number of ether oxygens (including phenoxy) is 1. The van der Waals surface area contributed by atoms with Crippen LogP contribution in [0.25, 0.3) is 16.3 Å². The summed E-state index contributed by atoms with van der Waals surface area (Å²) in [6, 6.07) is 9.59. The Morgan fingerprint density at radius 1 is 1.40 bits per heavy atom. The average molecular weight is 393 g/mol. The lowest BCUT2D eigenvalue weighted by atomic mass is 10.3. The summed E-state index contributed by atoms with van der Waals surface area (Å²) in [5.41, 5.74) is 1.00. The number of amides is 1. The summed E-state index contributed by atoms with van der Waals surface area (Å²) in [6.45, 7) is 3.82. The molecule has 2 heterocycles. The van der Waals surface area contributed by atoms with Gasteiger partial charge in [0.25, 0.3) is 5.91 Å². The maximum Gasteiger partial charge on any atom is 0.272 e. The lowest BCUT2D eigenvalue weighted by Gasteiger charge is -2.05. The highest BCUT2D eigenvalue weighted by Crippen LogP contribution is 2.22. The predicted molar refractivity (Wildman–Crippen MR) is 105 cm³/mol. The second-order valence-electron chi connectivity index (χ2n) is 5.14. The van der Waals surface area contributed by atoms with E-state index in [1.54, 1.807) is 17.4 Å². The number of hydrogen-bond donors (Lipinski definition) is 0. The van der Waals surface area contributed by atoms with Crippen molar-refractivity contribution in [2.75, 3.05) is 13.2 Å². The van der Waals surface area contributed by atoms with E-state index in [0.717, 1.165) is 15.1 Å². The van der Waals surface area contributed by atoms with Crippen molar-refractivity contribution in [3.8, 4) is 0 Å². The summed E-state index contributed by atoms with van der Waals surface area (Å²) in [5, 5.41) is 2.64. The highest BCUT2D eigenvalue weighted by molar-refractivity contribution is 7.16. The van der Waals surface area contributed by atoms with Gasteiger partial charge in [-0.25, -0.2) is 0 Å². The number of carbonyl (C=O) groups excluding carboxylic acids is 1. The van der Waals surface area contributed by atoms with Gasteiger partial charge in [0.1, 0.15) is 0 Å². The minimum atomic E-state index is -0.281. The molecule has 0 fully saturated rings. The number of hydrogen-bond acceptors (Lipinski definition) is 4. The molecule has 0 saturated carbocycles. The molecule has 0 N–H and O–H groups in total. The fourth-order valence-electron chi connectivity index (χ4n) is 2.32. The van der Waals surface area contributed by atoms with Gasteiger partial charge in [0.2, 0.25) is 0 Å². The van der Waals surface area contributed by atoms with Crippen molar-refractivity contribution in [1.29, 1.82) is 0 Å². The van der Waals surface area contributed by atoms with Crippen molar-refractivity contribution >= 4 is 56.5 Å². The molecule has 0 radical (unpaired) electrons. The Balaban J connectivity index is 1.95. The molecule has 2 aromatic heterocycles. The van der Waals surface area contributed by atoms with E-state index in [1.165, 1.54) is 17.4 Å². The third kappa shape index (κ3) is 4.67. The number of aromatic nitrogens is 1. The molecule has 3 aromatic rings. The molecule has 7 heteroatoms. The number of benzene rings is 1. The minimum absolute atomic E-state index is 0.281. The van der Waals surface area contributed by atoms with E-state index in [2.05, 4.69) is 4.99 Å². The van der Waals surface area contributed by atoms with Crippen molar-refractivity contribution in [2.24, 2.45) is 4.99 Å². The lowest BCUT2D eigenvalue weighted by Crippen LogP contribution is -2.19. The molecular weight excluding hydrogens is 376 g/mol. The van der Waals surface area contributed by atoms with Crippen LogP contribution in [0.15, 0.2) is 46.8 Å². The third-order valence-corrected chi connectivity index (χ3v) is 5.56. The first-order valence-corrected chi connectivity index (χ1v) is 9.91. The molecule has 3 rings (SSSR count). The molecule has 1 aromatic carbocycles. The number of carbonyl (C=O) groups is 1. The van der Waals surface area contributed by atoms with E-state index in [9.17, 15) is 4.79 Å². The topological polar surface area (TPSA) is 43.6 Å². The third-order valence-electron chi connectivity index (χ3n) is 3.45. The summed E-state index contributed by atoms with van der Waals surface area (Å²) in [4.78, 5) is 18.2. The van der Waals surface area contributed by atoms with Gasteiger partial charge in [0.05, 0.1) is 16.8 Å². The highest BCUT2D eigenvalue weighted by Gasteiger charge is 2.08. The largest absolute Gasteiger partial charge is 0.380 e. The molecule has 0 spiro atoms. The van der Waals surface area contributed by atoms with Crippen LogP contribution in [0, 0.1) is 0 Å². The highest BCUT2D eigenvalue weighted by atomic mass is 35.5. The monoisotopic (exact) mass is 392 g/mol. The van der Waals surface area contributed by atoms with Crippen LogP contribution in [0.3, 0.4) is 0 Å². The number of halogens is 1. The van der Waals surface area contributed by atoms with Gasteiger partial charge in [-0.1, -0.05) is 29.0 Å². The second-order valence-corrected chi connectivity index (χ2v) is 7.57. The maximum atomic E-state index is 12.2. The number of nitrogens with zero attached hydrogens (tertiary/aromatic N) is 2. The summed E-state index contributed by atoms with van der Waals surface area (Å²) in [7, 11) is 0. The molecule has 1 amide bonds. The first-order valence-electron chi connectivity index (χ1n) is 7.84. The van der Waals surface area contributed by atoms with Crippen LogP contribution in [0.4, 0.5) is 0 Å². The predicted octanol–water partition coefficient (Wildman–Crippen LogP) is 4.59. The first-order chi connectivity index (χ1) is 12.2. The normalized spacial score (nSPS) is 12.5. The van der Waals surface area contributed by atoms with Crippen molar-refractivity contribution in [3.63, 3.8) is 0 Å². The lowest BCUT2D eigenvalue weighted by molar-refractivity contribution is -0.113. The fourth-order valence-corrected chi connectivity index (χ4v) is 4.28. The molecule has 0 aliphatic carbocycles. The van der Waals surface area contributed by atoms with Crippen molar-refractivity contribution < 1.29 is 9.53 Å². The van der Waals surface area contributed by atoms with Gasteiger partial charge in [-0.3, -0.25) is 4.79 Å². The smallest absolute Gasteiger partial charge is 0.272 e. The van der Waals surface area contributed by atoms with Crippen LogP contribution >= 0.6 is 34.3 Å². The van der Waals surface area contributed by atoms with E-state index in [-0.39, 0.29) is 5.91 Å². The van der Waals surface area contributed by atoms with Gasteiger partial charge >= 0.3 is 0 Å². The molecule has 0 atom stereocenters. The summed E-state index contributed by atoms with van der Waals surface area (Å²) in [5.74, 6) is -0.281. The summed E-state index contributed by atoms with van der Waals surface area (Å²) >= 11 is 9.12. The Bertz CT molecular complexity index is 955. The Morgan fingerprint density at radius 2 is 2.28 bits per heavy atom. The first kappa shape index (κ1) is 18.1. The van der Waals surface area contributed by atoms with E-state index in [1.807, 2.05) is 47.2 Å². The zero-order chi connectivity index (χ0) is 17.6. The van der Waals surface area contributed by atoms with Gasteiger partial charge < -0.3 is 9.30 Å². The molecule has 0 unspecified atom stereocenters. The van der Waals surface area contributed by atoms with E-state index >= 15 is 0 Å². The average Bonchev–Trinajstić information content (AvgIpc) is 3.21. The zero-order valence-electron chi connectivity index (χ0n) is 13.6. The molecule has 130 valence electrons. The van der Waals surface area contributed by atoms with Crippen molar-refractivity contribution in [2.45, 2.75) is 13.5 Å². The molecule has 4 nitrogen and oxygen atoms in total. The van der Waals surface area contributed by atoms with Crippen LogP contribution < -0.4 is 4.80 Å². The van der Waals surface area contributed by atoms with Crippen LogP contribution in [0.2, 0.25) is 5.02 Å². The Hall–Kier alpha value is -1.73. The van der Waals surface area contributed by atoms with Crippen LogP contribution in [0.1, 0.15) is 11.8 Å². The second kappa shape index (κ2) is 8.58. The van der Waals surface area contributed by atoms with E-state index in [4.69, 9.17) is 16.3 Å². The Kier molecular flexibility index (Phi) is 6.20. The quantitative estimate of drug-likeness (QED) is 0.454. The molecule has 0 saturated heterocycles. The summed E-state index contributed by atoms with van der Waals surface area (Å²) < 4.78 is 8.46.